The molecule has 0 amide bonds. The molecule has 0 saturated heterocycles. The van der Waals surface area contributed by atoms with E-state index in [0.29, 0.717) is 21.9 Å². The van der Waals surface area contributed by atoms with Gasteiger partial charge in [0.2, 0.25) is 0 Å². The number of hydrogen-bond donors (Lipinski definition) is 3. The SMILES string of the molecule is COc1ccc(C2=CC(c3cc(Cl)ccc3O)NC(c3ccc(C(F)(F)F)cc3)N2)cc1. The third kappa shape index (κ3) is 4.69. The van der Waals surface area contributed by atoms with Gasteiger partial charge in [-0.3, -0.25) is 5.32 Å². The van der Waals surface area contributed by atoms with E-state index < -0.39 is 23.9 Å². The second-order valence-electron chi connectivity index (χ2n) is 7.35. The minimum atomic E-state index is -4.41. The van der Waals surface area contributed by atoms with Crippen LogP contribution in [0.15, 0.2) is 72.8 Å². The third-order valence-electron chi connectivity index (χ3n) is 5.28. The second kappa shape index (κ2) is 8.76. The number of hydrogen-bond acceptors (Lipinski definition) is 4. The lowest BCUT2D eigenvalue weighted by Crippen LogP contribution is -2.39. The molecule has 0 aromatic heterocycles. The quantitative estimate of drug-likeness (QED) is 0.444. The van der Waals surface area contributed by atoms with Crippen LogP contribution >= 0.6 is 11.6 Å². The van der Waals surface area contributed by atoms with E-state index in [2.05, 4.69) is 10.6 Å². The van der Waals surface area contributed by atoms with Gasteiger partial charge in [-0.15, -0.1) is 0 Å². The van der Waals surface area contributed by atoms with E-state index >= 15 is 0 Å². The number of phenolic OH excluding ortho intramolecular Hbond substituents is 1. The van der Waals surface area contributed by atoms with Crippen LogP contribution in [0.4, 0.5) is 13.2 Å². The van der Waals surface area contributed by atoms with Crippen LogP contribution in [0.2, 0.25) is 5.02 Å². The molecule has 32 heavy (non-hydrogen) atoms. The Labute approximate surface area is 188 Å². The van der Waals surface area contributed by atoms with Crippen molar-refractivity contribution in [2.45, 2.75) is 18.4 Å². The Morgan fingerprint density at radius 3 is 2.28 bits per heavy atom. The number of alkyl halides is 3. The summed E-state index contributed by atoms with van der Waals surface area (Å²) in [5, 5.41) is 17.5. The minimum Gasteiger partial charge on any atom is -0.508 e. The molecule has 3 N–H and O–H groups in total. The Morgan fingerprint density at radius 2 is 1.66 bits per heavy atom. The first-order valence-electron chi connectivity index (χ1n) is 9.79. The van der Waals surface area contributed by atoms with Gasteiger partial charge in [0.05, 0.1) is 18.7 Å². The predicted molar refractivity (Wildman–Crippen MR) is 117 cm³/mol. The van der Waals surface area contributed by atoms with Crippen LogP contribution in [0.25, 0.3) is 5.70 Å². The molecule has 2 unspecified atom stereocenters. The molecule has 3 aromatic carbocycles. The maximum absolute atomic E-state index is 13.0. The maximum atomic E-state index is 13.0. The molecular weight excluding hydrogens is 441 g/mol. The Bertz CT molecular complexity index is 1130. The van der Waals surface area contributed by atoms with Crippen molar-refractivity contribution in [1.29, 1.82) is 0 Å². The van der Waals surface area contributed by atoms with E-state index in [1.807, 2.05) is 30.3 Å². The van der Waals surface area contributed by atoms with Crippen LogP contribution in [0.3, 0.4) is 0 Å². The zero-order chi connectivity index (χ0) is 22.9. The van der Waals surface area contributed by atoms with Gasteiger partial charge in [0.25, 0.3) is 0 Å². The van der Waals surface area contributed by atoms with Gasteiger partial charge in [-0.25, -0.2) is 0 Å². The van der Waals surface area contributed by atoms with Crippen LogP contribution in [-0.2, 0) is 6.18 Å². The number of ether oxygens (including phenoxy) is 1. The first-order chi connectivity index (χ1) is 15.2. The van der Waals surface area contributed by atoms with E-state index in [9.17, 15) is 18.3 Å². The topological polar surface area (TPSA) is 53.5 Å². The van der Waals surface area contributed by atoms with E-state index in [0.717, 1.165) is 23.4 Å². The molecule has 4 nitrogen and oxygen atoms in total. The second-order valence-corrected chi connectivity index (χ2v) is 7.79. The zero-order valence-corrected chi connectivity index (χ0v) is 17.7. The first kappa shape index (κ1) is 22.0. The molecule has 0 aliphatic carbocycles. The largest absolute Gasteiger partial charge is 0.508 e. The molecule has 4 rings (SSSR count). The summed E-state index contributed by atoms with van der Waals surface area (Å²) in [5.41, 5.74) is 2.06. The number of benzene rings is 3. The molecule has 8 heteroatoms. The van der Waals surface area contributed by atoms with Crippen molar-refractivity contribution in [2.24, 2.45) is 0 Å². The van der Waals surface area contributed by atoms with Crippen molar-refractivity contribution in [2.75, 3.05) is 7.11 Å². The van der Waals surface area contributed by atoms with Gasteiger partial charge in [-0.05, 0) is 71.8 Å². The number of methoxy groups -OCH3 is 1. The summed E-state index contributed by atoms with van der Waals surface area (Å²) >= 11 is 6.14. The number of phenols is 1. The molecular formula is C24H20ClF3N2O2. The summed E-state index contributed by atoms with van der Waals surface area (Å²) in [6.07, 6.45) is -3.02. The Hall–Kier alpha value is -3.16. The first-order valence-corrected chi connectivity index (χ1v) is 10.2. The molecule has 0 spiro atoms. The molecule has 0 fully saturated rings. The number of rotatable bonds is 4. The van der Waals surface area contributed by atoms with Gasteiger partial charge in [0.15, 0.2) is 0 Å². The van der Waals surface area contributed by atoms with Crippen molar-refractivity contribution in [3.8, 4) is 11.5 Å². The minimum absolute atomic E-state index is 0.0605. The van der Waals surface area contributed by atoms with Gasteiger partial charge in [0, 0.05) is 16.3 Å². The average Bonchev–Trinajstić information content (AvgIpc) is 2.80. The van der Waals surface area contributed by atoms with Crippen molar-refractivity contribution in [1.82, 2.24) is 10.6 Å². The molecule has 2 atom stereocenters. The van der Waals surface area contributed by atoms with Crippen LogP contribution in [0.1, 0.15) is 34.5 Å². The van der Waals surface area contributed by atoms with E-state index in [-0.39, 0.29) is 5.75 Å². The molecule has 0 radical (unpaired) electrons. The molecule has 0 bridgehead atoms. The van der Waals surface area contributed by atoms with E-state index in [1.165, 1.54) is 18.2 Å². The van der Waals surface area contributed by atoms with Crippen molar-refractivity contribution >= 4 is 17.3 Å². The van der Waals surface area contributed by atoms with Gasteiger partial charge in [-0.2, -0.15) is 13.2 Å². The molecule has 1 aliphatic heterocycles. The molecule has 1 heterocycles. The van der Waals surface area contributed by atoms with Crippen molar-refractivity contribution in [3.05, 3.63) is 100 Å². The number of aromatic hydroxyl groups is 1. The van der Waals surface area contributed by atoms with E-state index in [1.54, 1.807) is 19.2 Å². The Morgan fingerprint density at radius 1 is 0.969 bits per heavy atom. The van der Waals surface area contributed by atoms with Crippen LogP contribution in [0.5, 0.6) is 11.5 Å². The van der Waals surface area contributed by atoms with Crippen molar-refractivity contribution < 1.29 is 23.0 Å². The fourth-order valence-corrected chi connectivity index (χ4v) is 3.77. The molecule has 3 aromatic rings. The fraction of sp³-hybridized carbons (Fsp3) is 0.167. The summed E-state index contributed by atoms with van der Waals surface area (Å²) in [4.78, 5) is 0. The average molecular weight is 461 g/mol. The standard InChI is InChI=1S/C24H20ClF3N2O2/c1-32-18-9-4-14(5-10-18)20-13-21(19-12-17(25)8-11-22(19)31)30-23(29-20)15-2-6-16(7-3-15)24(26,27)28/h2-13,21,23,29-31H,1H3. The lowest BCUT2D eigenvalue weighted by molar-refractivity contribution is -0.137. The Kier molecular flexibility index (Phi) is 6.04. The Balaban J connectivity index is 1.73. The van der Waals surface area contributed by atoms with Gasteiger partial charge >= 0.3 is 6.18 Å². The summed E-state index contributed by atoms with van der Waals surface area (Å²) in [6, 6.07) is 16.7. The summed E-state index contributed by atoms with van der Waals surface area (Å²) in [6.45, 7) is 0. The molecule has 166 valence electrons. The van der Waals surface area contributed by atoms with Crippen LogP contribution in [-0.4, -0.2) is 12.2 Å². The lowest BCUT2D eigenvalue weighted by Gasteiger charge is -2.33. The van der Waals surface area contributed by atoms with Gasteiger partial charge in [0.1, 0.15) is 17.7 Å². The summed E-state index contributed by atoms with van der Waals surface area (Å²) in [7, 11) is 1.58. The third-order valence-corrected chi connectivity index (χ3v) is 5.51. The predicted octanol–water partition coefficient (Wildman–Crippen LogP) is 6.05. The summed E-state index contributed by atoms with van der Waals surface area (Å²) in [5.74, 6) is 0.761. The highest BCUT2D eigenvalue weighted by atomic mass is 35.5. The smallest absolute Gasteiger partial charge is 0.416 e. The van der Waals surface area contributed by atoms with Gasteiger partial charge < -0.3 is 15.2 Å². The lowest BCUT2D eigenvalue weighted by atomic mass is 9.97. The monoisotopic (exact) mass is 460 g/mol. The highest BCUT2D eigenvalue weighted by molar-refractivity contribution is 6.30. The fourth-order valence-electron chi connectivity index (χ4n) is 3.59. The van der Waals surface area contributed by atoms with Gasteiger partial charge in [-0.1, -0.05) is 23.7 Å². The van der Waals surface area contributed by atoms with Crippen LogP contribution < -0.4 is 15.4 Å². The maximum Gasteiger partial charge on any atom is 0.416 e. The highest BCUT2D eigenvalue weighted by Crippen LogP contribution is 2.36. The number of nitrogens with one attached hydrogen (secondary N) is 2. The zero-order valence-electron chi connectivity index (χ0n) is 17.0. The highest BCUT2D eigenvalue weighted by Gasteiger charge is 2.31. The normalized spacial score (nSPS) is 18.6. The van der Waals surface area contributed by atoms with Crippen molar-refractivity contribution in [3.63, 3.8) is 0 Å². The molecule has 1 aliphatic rings. The molecule has 0 saturated carbocycles. The van der Waals surface area contributed by atoms with E-state index in [4.69, 9.17) is 16.3 Å². The van der Waals surface area contributed by atoms with Crippen LogP contribution in [0, 0.1) is 0 Å². The summed E-state index contributed by atoms with van der Waals surface area (Å²) < 4.78 is 44.2. The number of halogens is 4.